The minimum atomic E-state index is -0.619. The molecule has 0 aromatic rings. The van der Waals surface area contributed by atoms with Crippen molar-refractivity contribution in [2.45, 2.75) is 57.4 Å². The largest absolute Gasteiger partial charge is 0.481 e. The minimum Gasteiger partial charge on any atom is -0.481 e. The molecule has 2 aliphatic rings. The van der Waals surface area contributed by atoms with Gasteiger partial charge in [-0.2, -0.15) is 0 Å². The van der Waals surface area contributed by atoms with Gasteiger partial charge in [0.05, 0.1) is 6.42 Å². The van der Waals surface area contributed by atoms with Crippen LogP contribution in [-0.4, -0.2) is 35.6 Å². The molecule has 0 heterocycles. The summed E-state index contributed by atoms with van der Waals surface area (Å²) < 4.78 is 0. The Morgan fingerprint density at radius 2 is 1.94 bits per heavy atom. The van der Waals surface area contributed by atoms with Gasteiger partial charge < -0.3 is 10.0 Å². The molecule has 2 saturated carbocycles. The van der Waals surface area contributed by atoms with Crippen molar-refractivity contribution in [3.8, 4) is 0 Å². The third-order valence-electron chi connectivity index (χ3n) is 4.20. The van der Waals surface area contributed by atoms with E-state index in [1.54, 1.807) is 0 Å². The third-order valence-corrected chi connectivity index (χ3v) is 4.20. The summed E-state index contributed by atoms with van der Waals surface area (Å²) in [6.07, 6.45) is 8.90. The van der Waals surface area contributed by atoms with Crippen molar-refractivity contribution in [2.24, 2.45) is 5.41 Å². The number of rotatable bonds is 5. The molecule has 1 N–H and O–H groups in total. The van der Waals surface area contributed by atoms with E-state index in [2.05, 4.69) is 11.9 Å². The van der Waals surface area contributed by atoms with Gasteiger partial charge in [0.2, 0.25) is 0 Å². The van der Waals surface area contributed by atoms with E-state index >= 15 is 0 Å². The molecular formula is C13H23NO2. The lowest BCUT2D eigenvalue weighted by Gasteiger charge is -2.39. The van der Waals surface area contributed by atoms with Gasteiger partial charge in [-0.25, -0.2) is 0 Å². The normalized spacial score (nSPS) is 24.6. The Morgan fingerprint density at radius 1 is 1.31 bits per heavy atom. The molecular weight excluding hydrogens is 202 g/mol. The number of carbonyl (C=O) groups is 1. The predicted octanol–water partition coefficient (Wildman–Crippen LogP) is 2.51. The Kier molecular flexibility index (Phi) is 3.53. The van der Waals surface area contributed by atoms with Gasteiger partial charge in [-0.05, 0) is 38.1 Å². The Hall–Kier alpha value is -0.570. The van der Waals surface area contributed by atoms with E-state index in [1.807, 2.05) is 0 Å². The van der Waals surface area contributed by atoms with Crippen molar-refractivity contribution in [3.63, 3.8) is 0 Å². The van der Waals surface area contributed by atoms with Gasteiger partial charge in [0.15, 0.2) is 0 Å². The first-order valence-corrected chi connectivity index (χ1v) is 6.53. The van der Waals surface area contributed by atoms with Gasteiger partial charge in [0, 0.05) is 12.6 Å². The third kappa shape index (κ3) is 2.97. The molecule has 2 aliphatic carbocycles. The van der Waals surface area contributed by atoms with E-state index in [0.717, 1.165) is 25.4 Å². The lowest BCUT2D eigenvalue weighted by atomic mass is 9.71. The second-order valence-electron chi connectivity index (χ2n) is 5.78. The minimum absolute atomic E-state index is 0.0709. The fourth-order valence-corrected chi connectivity index (χ4v) is 3.19. The zero-order chi connectivity index (χ0) is 11.6. The van der Waals surface area contributed by atoms with Crippen molar-refractivity contribution in [3.05, 3.63) is 0 Å². The van der Waals surface area contributed by atoms with Crippen molar-refractivity contribution in [1.82, 2.24) is 4.90 Å². The monoisotopic (exact) mass is 225 g/mol. The van der Waals surface area contributed by atoms with E-state index in [1.165, 1.54) is 32.1 Å². The van der Waals surface area contributed by atoms with Crippen LogP contribution in [0.5, 0.6) is 0 Å². The number of hydrogen-bond acceptors (Lipinski definition) is 2. The first-order chi connectivity index (χ1) is 7.61. The number of carboxylic acids is 1. The van der Waals surface area contributed by atoms with Crippen molar-refractivity contribution >= 4 is 5.97 Å². The van der Waals surface area contributed by atoms with Crippen LogP contribution in [-0.2, 0) is 4.79 Å². The highest BCUT2D eigenvalue weighted by Crippen LogP contribution is 2.41. The average molecular weight is 225 g/mol. The molecule has 16 heavy (non-hydrogen) atoms. The molecule has 0 atom stereocenters. The molecule has 3 nitrogen and oxygen atoms in total. The predicted molar refractivity (Wildman–Crippen MR) is 63.4 cm³/mol. The highest BCUT2D eigenvalue weighted by molar-refractivity contribution is 5.67. The Balaban J connectivity index is 1.97. The summed E-state index contributed by atoms with van der Waals surface area (Å²) in [5.41, 5.74) is 0.0709. The summed E-state index contributed by atoms with van der Waals surface area (Å²) >= 11 is 0. The van der Waals surface area contributed by atoms with E-state index in [-0.39, 0.29) is 5.41 Å². The van der Waals surface area contributed by atoms with E-state index in [4.69, 9.17) is 5.11 Å². The zero-order valence-corrected chi connectivity index (χ0v) is 10.2. The number of nitrogens with zero attached hydrogens (tertiary/aromatic N) is 1. The smallest absolute Gasteiger partial charge is 0.303 e. The molecule has 92 valence electrons. The molecule has 2 rings (SSSR count). The van der Waals surface area contributed by atoms with Crippen LogP contribution in [0.3, 0.4) is 0 Å². The zero-order valence-electron chi connectivity index (χ0n) is 10.2. The Labute approximate surface area is 97.8 Å². The van der Waals surface area contributed by atoms with Crippen molar-refractivity contribution in [2.75, 3.05) is 13.6 Å². The standard InChI is InChI=1S/C13H23NO2/c1-14(11-5-6-11)10-13(9-12(15)16)7-3-2-4-8-13/h11H,2-10H2,1H3,(H,15,16). The lowest BCUT2D eigenvalue weighted by molar-refractivity contribution is -0.140. The first kappa shape index (κ1) is 11.9. The van der Waals surface area contributed by atoms with Gasteiger partial charge in [-0.3, -0.25) is 4.79 Å². The molecule has 0 spiro atoms. The molecule has 3 heteroatoms. The molecule has 0 aliphatic heterocycles. The summed E-state index contributed by atoms with van der Waals surface area (Å²) in [6.45, 7) is 0.990. The summed E-state index contributed by atoms with van der Waals surface area (Å²) in [5.74, 6) is -0.619. The maximum atomic E-state index is 11.0. The molecule has 0 bridgehead atoms. The summed E-state index contributed by atoms with van der Waals surface area (Å²) in [7, 11) is 2.16. The summed E-state index contributed by atoms with van der Waals surface area (Å²) in [5, 5.41) is 9.08. The molecule has 0 saturated heterocycles. The van der Waals surface area contributed by atoms with Gasteiger partial charge in [0.1, 0.15) is 0 Å². The summed E-state index contributed by atoms with van der Waals surface area (Å²) in [6, 6.07) is 0.743. The van der Waals surface area contributed by atoms with Crippen LogP contribution in [0.4, 0.5) is 0 Å². The molecule has 0 radical (unpaired) electrons. The fourth-order valence-electron chi connectivity index (χ4n) is 3.19. The van der Waals surface area contributed by atoms with Gasteiger partial charge in [-0.15, -0.1) is 0 Å². The second-order valence-corrected chi connectivity index (χ2v) is 5.78. The van der Waals surface area contributed by atoms with E-state index in [9.17, 15) is 4.79 Å². The van der Waals surface area contributed by atoms with Crippen LogP contribution >= 0.6 is 0 Å². The molecule has 0 unspecified atom stereocenters. The average Bonchev–Trinajstić information content (AvgIpc) is 3.00. The fraction of sp³-hybridized carbons (Fsp3) is 0.923. The number of hydrogen-bond donors (Lipinski definition) is 1. The Morgan fingerprint density at radius 3 is 2.44 bits per heavy atom. The number of carboxylic acid groups (broad SMARTS) is 1. The highest BCUT2D eigenvalue weighted by Gasteiger charge is 2.38. The molecule has 0 aromatic carbocycles. The van der Waals surface area contributed by atoms with Crippen LogP contribution in [0.2, 0.25) is 0 Å². The Bertz CT molecular complexity index is 255. The summed E-state index contributed by atoms with van der Waals surface area (Å²) in [4.78, 5) is 13.4. The van der Waals surface area contributed by atoms with Crippen LogP contribution < -0.4 is 0 Å². The lowest BCUT2D eigenvalue weighted by Crippen LogP contribution is -2.39. The topological polar surface area (TPSA) is 40.5 Å². The van der Waals surface area contributed by atoms with Crippen LogP contribution in [0.1, 0.15) is 51.4 Å². The van der Waals surface area contributed by atoms with Crippen LogP contribution in [0, 0.1) is 5.41 Å². The van der Waals surface area contributed by atoms with E-state index < -0.39 is 5.97 Å². The maximum Gasteiger partial charge on any atom is 0.303 e. The maximum absolute atomic E-state index is 11.0. The quantitative estimate of drug-likeness (QED) is 0.781. The molecule has 0 aromatic heterocycles. The second kappa shape index (κ2) is 4.74. The van der Waals surface area contributed by atoms with Gasteiger partial charge in [0.25, 0.3) is 0 Å². The molecule has 0 amide bonds. The van der Waals surface area contributed by atoms with Crippen molar-refractivity contribution in [1.29, 1.82) is 0 Å². The molecule has 2 fully saturated rings. The SMILES string of the molecule is CN(CC1(CC(=O)O)CCCCC1)C1CC1. The van der Waals surface area contributed by atoms with Gasteiger partial charge >= 0.3 is 5.97 Å². The highest BCUT2D eigenvalue weighted by atomic mass is 16.4. The van der Waals surface area contributed by atoms with E-state index in [0.29, 0.717) is 6.42 Å². The first-order valence-electron chi connectivity index (χ1n) is 6.53. The number of aliphatic carboxylic acids is 1. The van der Waals surface area contributed by atoms with Crippen molar-refractivity contribution < 1.29 is 9.90 Å². The van der Waals surface area contributed by atoms with Gasteiger partial charge in [-0.1, -0.05) is 19.3 Å². The van der Waals surface area contributed by atoms with Crippen LogP contribution in [0.25, 0.3) is 0 Å². The van der Waals surface area contributed by atoms with Crippen LogP contribution in [0.15, 0.2) is 0 Å².